The molecule has 2 aromatic rings. The van der Waals surface area contributed by atoms with Gasteiger partial charge in [0, 0.05) is 25.3 Å². The maximum Gasteiger partial charge on any atom is 0.241 e. The lowest BCUT2D eigenvalue weighted by Crippen LogP contribution is -2.47. The van der Waals surface area contributed by atoms with Gasteiger partial charge in [-0.2, -0.15) is 4.72 Å². The Kier molecular flexibility index (Phi) is 7.13. The van der Waals surface area contributed by atoms with Crippen LogP contribution in [0.4, 0.5) is 5.69 Å². The van der Waals surface area contributed by atoms with Crippen LogP contribution in [-0.4, -0.2) is 53.0 Å². The van der Waals surface area contributed by atoms with E-state index in [0.717, 1.165) is 17.8 Å². The average molecular weight is 447 g/mol. The average Bonchev–Trinajstić information content (AvgIpc) is 2.77. The third kappa shape index (κ3) is 5.96. The molecule has 3 N–H and O–H groups in total. The highest BCUT2D eigenvalue weighted by Gasteiger charge is 2.22. The molecule has 0 radical (unpaired) electrons. The number of carbonyl (C=O) groups excluding carboxylic acids is 2. The van der Waals surface area contributed by atoms with E-state index in [1.165, 1.54) is 26.2 Å². The van der Waals surface area contributed by atoms with Gasteiger partial charge in [-0.25, -0.2) is 8.42 Å². The van der Waals surface area contributed by atoms with Crippen molar-refractivity contribution >= 4 is 27.5 Å². The molecule has 31 heavy (non-hydrogen) atoms. The largest absolute Gasteiger partial charge is 0.497 e. The van der Waals surface area contributed by atoms with Gasteiger partial charge in [0.25, 0.3) is 0 Å². The number of benzene rings is 2. The molecule has 2 aromatic carbocycles. The van der Waals surface area contributed by atoms with Gasteiger partial charge in [0.15, 0.2) is 0 Å². The van der Waals surface area contributed by atoms with Gasteiger partial charge in [0.2, 0.25) is 21.8 Å². The van der Waals surface area contributed by atoms with Crippen LogP contribution in [0.3, 0.4) is 0 Å². The smallest absolute Gasteiger partial charge is 0.241 e. The minimum absolute atomic E-state index is 0.00586. The zero-order valence-electron chi connectivity index (χ0n) is 17.4. The SMILES string of the molecule is COc1ccc(S(=O)(=O)N[C@@H](C)C(=O)NCc2ccc(N3CCNC(=O)C3)cc2)cc1. The van der Waals surface area contributed by atoms with E-state index in [1.54, 1.807) is 12.1 Å². The number of anilines is 1. The van der Waals surface area contributed by atoms with Crippen LogP contribution in [0.5, 0.6) is 5.75 Å². The molecular formula is C21H26N4O5S. The van der Waals surface area contributed by atoms with Crippen molar-refractivity contribution in [1.29, 1.82) is 0 Å². The number of sulfonamides is 1. The highest BCUT2D eigenvalue weighted by atomic mass is 32.2. The number of hydrogen-bond acceptors (Lipinski definition) is 6. The van der Waals surface area contributed by atoms with Crippen LogP contribution in [0.25, 0.3) is 0 Å². The van der Waals surface area contributed by atoms with Gasteiger partial charge in [0.05, 0.1) is 24.6 Å². The predicted molar refractivity (Wildman–Crippen MR) is 116 cm³/mol. The molecule has 1 atom stereocenters. The fourth-order valence-electron chi connectivity index (χ4n) is 3.14. The number of rotatable bonds is 8. The highest BCUT2D eigenvalue weighted by molar-refractivity contribution is 7.89. The summed E-state index contributed by atoms with van der Waals surface area (Å²) in [6.45, 7) is 3.42. The Balaban J connectivity index is 1.53. The van der Waals surface area contributed by atoms with Gasteiger partial charge < -0.3 is 20.3 Å². The molecule has 0 saturated carbocycles. The first-order valence-electron chi connectivity index (χ1n) is 9.83. The summed E-state index contributed by atoms with van der Waals surface area (Å²) in [5.74, 6) is 0.0989. The zero-order chi connectivity index (χ0) is 22.4. The van der Waals surface area contributed by atoms with Gasteiger partial charge in [-0.3, -0.25) is 9.59 Å². The fraction of sp³-hybridized carbons (Fsp3) is 0.333. The molecule has 3 rings (SSSR count). The maximum atomic E-state index is 12.5. The number of methoxy groups -OCH3 is 1. The van der Waals surface area contributed by atoms with Crippen molar-refractivity contribution in [2.24, 2.45) is 0 Å². The van der Waals surface area contributed by atoms with Crippen molar-refractivity contribution in [2.75, 3.05) is 31.6 Å². The van der Waals surface area contributed by atoms with Crippen LogP contribution in [0.2, 0.25) is 0 Å². The molecule has 166 valence electrons. The molecule has 0 bridgehead atoms. The summed E-state index contributed by atoms with van der Waals surface area (Å²) in [6.07, 6.45) is 0. The lowest BCUT2D eigenvalue weighted by Gasteiger charge is -2.28. The number of carbonyl (C=O) groups is 2. The topological polar surface area (TPSA) is 117 Å². The second kappa shape index (κ2) is 9.80. The Morgan fingerprint density at radius 1 is 1.16 bits per heavy atom. The normalized spacial score (nSPS) is 15.2. The Morgan fingerprint density at radius 2 is 1.84 bits per heavy atom. The minimum Gasteiger partial charge on any atom is -0.497 e. The molecule has 1 heterocycles. The molecule has 0 aliphatic carbocycles. The Labute approximate surface area is 181 Å². The van der Waals surface area contributed by atoms with Crippen molar-refractivity contribution in [3.63, 3.8) is 0 Å². The fourth-order valence-corrected chi connectivity index (χ4v) is 4.34. The van der Waals surface area contributed by atoms with E-state index in [1.807, 2.05) is 29.2 Å². The van der Waals surface area contributed by atoms with E-state index in [9.17, 15) is 18.0 Å². The maximum absolute atomic E-state index is 12.5. The van der Waals surface area contributed by atoms with Crippen LogP contribution in [0.15, 0.2) is 53.4 Å². The lowest BCUT2D eigenvalue weighted by atomic mass is 10.1. The Morgan fingerprint density at radius 3 is 2.45 bits per heavy atom. The van der Waals surface area contributed by atoms with Gasteiger partial charge in [0.1, 0.15) is 5.75 Å². The number of piperazine rings is 1. The number of nitrogens with one attached hydrogen (secondary N) is 3. The Hall–Kier alpha value is -3.11. The van der Waals surface area contributed by atoms with Crippen LogP contribution < -0.4 is 25.0 Å². The molecule has 0 aromatic heterocycles. The first-order valence-corrected chi connectivity index (χ1v) is 11.3. The number of nitrogens with zero attached hydrogens (tertiary/aromatic N) is 1. The van der Waals surface area contributed by atoms with E-state index >= 15 is 0 Å². The molecule has 1 aliphatic heterocycles. The van der Waals surface area contributed by atoms with Crippen molar-refractivity contribution in [2.45, 2.75) is 24.4 Å². The number of amides is 2. The van der Waals surface area contributed by atoms with Gasteiger partial charge in [-0.15, -0.1) is 0 Å². The van der Waals surface area contributed by atoms with Crippen molar-refractivity contribution in [1.82, 2.24) is 15.4 Å². The monoisotopic (exact) mass is 446 g/mol. The van der Waals surface area contributed by atoms with Crippen molar-refractivity contribution in [3.05, 3.63) is 54.1 Å². The second-order valence-corrected chi connectivity index (χ2v) is 8.89. The van der Waals surface area contributed by atoms with Crippen LogP contribution in [0.1, 0.15) is 12.5 Å². The summed E-state index contributed by atoms with van der Waals surface area (Å²) in [6, 6.07) is 12.5. The van der Waals surface area contributed by atoms with Crippen molar-refractivity contribution < 1.29 is 22.7 Å². The number of ether oxygens (including phenoxy) is 1. The van der Waals surface area contributed by atoms with Gasteiger partial charge in [-0.1, -0.05) is 12.1 Å². The third-order valence-corrected chi connectivity index (χ3v) is 6.46. The third-order valence-electron chi connectivity index (χ3n) is 4.90. The van der Waals surface area contributed by atoms with E-state index in [0.29, 0.717) is 18.8 Å². The molecule has 10 heteroatoms. The minimum atomic E-state index is -3.84. The van der Waals surface area contributed by atoms with Gasteiger partial charge >= 0.3 is 0 Å². The lowest BCUT2D eigenvalue weighted by molar-refractivity contribution is -0.122. The second-order valence-electron chi connectivity index (χ2n) is 7.17. The first kappa shape index (κ1) is 22.6. The van der Waals surface area contributed by atoms with Crippen LogP contribution in [0, 0.1) is 0 Å². The van der Waals surface area contributed by atoms with E-state index < -0.39 is 22.0 Å². The summed E-state index contributed by atoms with van der Waals surface area (Å²) in [5, 5.41) is 5.52. The van der Waals surface area contributed by atoms with E-state index in [4.69, 9.17) is 4.74 Å². The van der Waals surface area contributed by atoms with Gasteiger partial charge in [-0.05, 0) is 48.9 Å². The number of hydrogen-bond donors (Lipinski definition) is 3. The molecule has 9 nitrogen and oxygen atoms in total. The summed E-state index contributed by atoms with van der Waals surface area (Å²) >= 11 is 0. The molecular weight excluding hydrogens is 420 g/mol. The summed E-state index contributed by atoms with van der Waals surface area (Å²) in [5.41, 5.74) is 1.80. The summed E-state index contributed by atoms with van der Waals surface area (Å²) in [7, 11) is -2.35. The zero-order valence-corrected chi connectivity index (χ0v) is 18.2. The van der Waals surface area contributed by atoms with Crippen molar-refractivity contribution in [3.8, 4) is 5.75 Å². The predicted octanol–water partition coefficient (Wildman–Crippen LogP) is 0.615. The van der Waals surface area contributed by atoms with Crippen LogP contribution in [-0.2, 0) is 26.2 Å². The highest BCUT2D eigenvalue weighted by Crippen LogP contribution is 2.17. The first-order chi connectivity index (χ1) is 14.8. The Bertz CT molecular complexity index is 1020. The van der Waals surface area contributed by atoms with E-state index in [-0.39, 0.29) is 17.3 Å². The molecule has 1 fully saturated rings. The molecule has 1 saturated heterocycles. The van der Waals surface area contributed by atoms with E-state index in [2.05, 4.69) is 15.4 Å². The quantitative estimate of drug-likeness (QED) is 0.547. The molecule has 1 aliphatic rings. The summed E-state index contributed by atoms with van der Waals surface area (Å²) < 4.78 is 32.3. The molecule has 2 amide bonds. The standard InChI is InChI=1S/C21H26N4O5S/c1-15(24-31(28,29)19-9-7-18(30-2)8-10-19)21(27)23-13-16-3-5-17(6-4-16)25-12-11-22-20(26)14-25/h3-10,15,24H,11-14H2,1-2H3,(H,22,26)(H,23,27)/t15-/m0/s1. The summed E-state index contributed by atoms with van der Waals surface area (Å²) in [4.78, 5) is 25.9. The molecule has 0 unspecified atom stereocenters. The molecule has 0 spiro atoms. The van der Waals surface area contributed by atoms with Crippen LogP contribution >= 0.6 is 0 Å².